The van der Waals surface area contributed by atoms with E-state index in [1.54, 1.807) is 14.0 Å². The summed E-state index contributed by atoms with van der Waals surface area (Å²) in [6.45, 7) is 0.252. The van der Waals surface area contributed by atoms with Crippen LogP contribution in [-0.2, 0) is 35.6 Å². The summed E-state index contributed by atoms with van der Waals surface area (Å²) in [7, 11) is -2.39. The molecule has 1 aromatic carbocycles. The Bertz CT molecular complexity index is 2090. The van der Waals surface area contributed by atoms with E-state index in [4.69, 9.17) is 19.2 Å². The SMILES string of the molecule is COc1ccc2c3c(c(C4CC4)nc2c1)O[C@]1(CC3)C[C@H]2C(=O)N[C@]3(C(=O)NS(=O)(=O)C4(C)CC4)C[C@H]3/C=C\CCCCC[C@H](NC(=O)OCCF)C(=O)N2C1. The zero-order valence-electron chi connectivity index (χ0n) is 31.9. The Labute approximate surface area is 325 Å². The molecule has 0 unspecified atom stereocenters. The molecule has 3 aliphatic heterocycles. The van der Waals surface area contributed by atoms with Crippen LogP contribution in [0.4, 0.5) is 9.18 Å². The predicted octanol–water partition coefficient (Wildman–Crippen LogP) is 4.24. The van der Waals surface area contributed by atoms with Crippen LogP contribution in [0.25, 0.3) is 10.9 Å². The molecule has 2 aromatic rings. The summed E-state index contributed by atoms with van der Waals surface area (Å²) >= 11 is 0. The number of halogens is 1. The van der Waals surface area contributed by atoms with Crippen molar-refractivity contribution in [1.29, 1.82) is 0 Å². The minimum absolute atomic E-state index is 0.0150. The number of sulfonamides is 1. The average molecular weight is 796 g/mol. The van der Waals surface area contributed by atoms with Gasteiger partial charge in [-0.05, 0) is 83.3 Å². The van der Waals surface area contributed by atoms with E-state index >= 15 is 0 Å². The van der Waals surface area contributed by atoms with Gasteiger partial charge in [-0.2, -0.15) is 0 Å². The standard InChI is InChI=1S/C40H50FN5O9S/c1-38(16-17-38)56(51,52)45-36(49)40-21-25(40)8-6-4-3-5-7-9-29(43-37(50)54-19-18-41)35(48)46-23-39(22-31(46)34(47)44-40)15-14-28-27-13-12-26(53-2)20-30(27)42-32(24-10-11-24)33(28)55-39/h6,8,12-13,20,24-25,29,31H,3-5,7,9-11,14-19,21-23H2,1-2H3,(H,43,50)(H,44,47)(H,45,49)/b8-6-/t25-,29+,31+,39-,40-/m1/s1. The van der Waals surface area contributed by atoms with E-state index in [9.17, 15) is 32.0 Å². The number of ether oxygens (including phenoxy) is 3. The molecule has 16 heteroatoms. The Morgan fingerprint density at radius 2 is 1.91 bits per heavy atom. The summed E-state index contributed by atoms with van der Waals surface area (Å²) in [6.07, 6.45) is 9.96. The van der Waals surface area contributed by atoms with Crippen molar-refractivity contribution in [1.82, 2.24) is 25.2 Å². The van der Waals surface area contributed by atoms with E-state index in [-0.39, 0.29) is 31.7 Å². The number of carbonyl (C=O) groups excluding carboxylic acids is 4. The van der Waals surface area contributed by atoms with Gasteiger partial charge in [-0.3, -0.25) is 19.1 Å². The van der Waals surface area contributed by atoms with Crippen molar-refractivity contribution in [2.45, 2.75) is 124 Å². The molecule has 1 saturated heterocycles. The van der Waals surface area contributed by atoms with Gasteiger partial charge in [0.15, 0.2) is 0 Å². The van der Waals surface area contributed by atoms with Crippen LogP contribution < -0.4 is 24.8 Å². The molecule has 4 amide bonds. The van der Waals surface area contributed by atoms with Gasteiger partial charge in [0, 0.05) is 35.3 Å². The van der Waals surface area contributed by atoms with E-state index in [0.717, 1.165) is 47.8 Å². The molecule has 14 nitrogen and oxygen atoms in total. The molecule has 4 fully saturated rings. The Hall–Kier alpha value is -4.47. The molecule has 3 saturated carbocycles. The van der Waals surface area contributed by atoms with Crippen LogP contribution in [0, 0.1) is 5.92 Å². The maximum Gasteiger partial charge on any atom is 0.407 e. The fourth-order valence-electron chi connectivity index (χ4n) is 8.61. The number of rotatable bonds is 8. The predicted molar refractivity (Wildman–Crippen MR) is 202 cm³/mol. The first-order valence-electron chi connectivity index (χ1n) is 19.9. The maximum absolute atomic E-state index is 14.7. The van der Waals surface area contributed by atoms with Gasteiger partial charge in [0.2, 0.25) is 21.8 Å². The largest absolute Gasteiger partial charge is 0.497 e. The molecule has 3 N–H and O–H groups in total. The number of alkyl carbamates (subject to hydrolysis) is 1. The molecular weight excluding hydrogens is 746 g/mol. The van der Waals surface area contributed by atoms with Gasteiger partial charge in [0.1, 0.15) is 48.0 Å². The summed E-state index contributed by atoms with van der Waals surface area (Å²) in [5, 5.41) is 6.49. The molecule has 8 rings (SSSR count). The lowest BCUT2D eigenvalue weighted by Gasteiger charge is -2.37. The Kier molecular flexibility index (Phi) is 9.93. The third-order valence-electron chi connectivity index (χ3n) is 12.6. The second-order valence-electron chi connectivity index (χ2n) is 16.7. The third-order valence-corrected chi connectivity index (χ3v) is 14.8. The lowest BCUT2D eigenvalue weighted by Crippen LogP contribution is -2.58. The summed E-state index contributed by atoms with van der Waals surface area (Å²) in [5.41, 5.74) is 0.107. The number of allylic oxidation sites excluding steroid dienone is 1. The van der Waals surface area contributed by atoms with Gasteiger partial charge < -0.3 is 29.7 Å². The van der Waals surface area contributed by atoms with Crippen LogP contribution >= 0.6 is 0 Å². The number of nitrogens with one attached hydrogen (secondary N) is 3. The van der Waals surface area contributed by atoms with E-state index in [2.05, 4.69) is 15.4 Å². The molecule has 0 bridgehead atoms. The lowest BCUT2D eigenvalue weighted by atomic mass is 9.86. The highest BCUT2D eigenvalue weighted by molar-refractivity contribution is 7.91. The number of nitrogens with zero attached hydrogens (tertiary/aromatic N) is 2. The number of alkyl halides is 1. The molecule has 1 spiro atoms. The Morgan fingerprint density at radius 1 is 1.11 bits per heavy atom. The van der Waals surface area contributed by atoms with Crippen LogP contribution in [0.1, 0.15) is 101 Å². The minimum atomic E-state index is -4.01. The molecule has 302 valence electrons. The number of hydrogen-bond donors (Lipinski definition) is 3. The highest BCUT2D eigenvalue weighted by Crippen LogP contribution is 2.52. The van der Waals surface area contributed by atoms with E-state index in [1.807, 2.05) is 30.4 Å². The molecule has 0 radical (unpaired) electrons. The lowest BCUT2D eigenvalue weighted by molar-refractivity contribution is -0.141. The van der Waals surface area contributed by atoms with E-state index in [1.165, 1.54) is 4.90 Å². The molecule has 1 aromatic heterocycles. The van der Waals surface area contributed by atoms with E-state index in [0.29, 0.717) is 50.0 Å². The molecular formula is C40H50FN5O9S. The number of pyridine rings is 1. The first kappa shape index (κ1) is 38.4. The van der Waals surface area contributed by atoms with Gasteiger partial charge >= 0.3 is 6.09 Å². The normalized spacial score (nSPS) is 30.3. The number of aryl methyl sites for hydroxylation is 1. The highest BCUT2D eigenvalue weighted by atomic mass is 32.2. The fraction of sp³-hybridized carbons (Fsp3) is 0.625. The number of benzene rings is 1. The molecule has 4 heterocycles. The third kappa shape index (κ3) is 7.17. The van der Waals surface area contributed by atoms with Gasteiger partial charge in [-0.25, -0.2) is 22.6 Å². The number of hydrogen-bond acceptors (Lipinski definition) is 10. The number of carbonyl (C=O) groups is 4. The van der Waals surface area contributed by atoms with Gasteiger partial charge in [0.05, 0.1) is 29.6 Å². The van der Waals surface area contributed by atoms with Crippen molar-refractivity contribution in [2.24, 2.45) is 5.92 Å². The number of amides is 4. The summed E-state index contributed by atoms with van der Waals surface area (Å²) < 4.78 is 58.0. The van der Waals surface area contributed by atoms with Crippen molar-refractivity contribution in [2.75, 3.05) is 26.9 Å². The van der Waals surface area contributed by atoms with Crippen molar-refractivity contribution in [3.05, 3.63) is 41.6 Å². The summed E-state index contributed by atoms with van der Waals surface area (Å²) in [6, 6.07) is 3.56. The molecule has 3 aliphatic carbocycles. The van der Waals surface area contributed by atoms with Crippen LogP contribution in [-0.4, -0.2) is 97.0 Å². The first-order valence-corrected chi connectivity index (χ1v) is 21.3. The van der Waals surface area contributed by atoms with Crippen molar-refractivity contribution >= 4 is 44.7 Å². The Morgan fingerprint density at radius 3 is 2.64 bits per heavy atom. The van der Waals surface area contributed by atoms with Crippen molar-refractivity contribution in [3.63, 3.8) is 0 Å². The van der Waals surface area contributed by atoms with Gasteiger partial charge in [-0.1, -0.05) is 25.0 Å². The van der Waals surface area contributed by atoms with Crippen LogP contribution in [0.2, 0.25) is 0 Å². The minimum Gasteiger partial charge on any atom is -0.497 e. The highest BCUT2D eigenvalue weighted by Gasteiger charge is 2.64. The maximum atomic E-state index is 14.7. The fourth-order valence-corrected chi connectivity index (χ4v) is 9.93. The smallest absolute Gasteiger partial charge is 0.407 e. The molecule has 6 aliphatic rings. The monoisotopic (exact) mass is 795 g/mol. The van der Waals surface area contributed by atoms with Crippen molar-refractivity contribution in [3.8, 4) is 11.5 Å². The zero-order chi connectivity index (χ0) is 39.5. The second-order valence-corrected chi connectivity index (χ2v) is 18.9. The topological polar surface area (TPSA) is 182 Å². The van der Waals surface area contributed by atoms with Crippen LogP contribution in [0.3, 0.4) is 0 Å². The second kappa shape index (κ2) is 14.5. The van der Waals surface area contributed by atoms with E-state index < -0.39 is 81.0 Å². The van der Waals surface area contributed by atoms with Gasteiger partial charge in [-0.15, -0.1) is 0 Å². The summed E-state index contributed by atoms with van der Waals surface area (Å²) in [4.78, 5) is 62.5. The molecule has 56 heavy (non-hydrogen) atoms. The Balaban J connectivity index is 1.14. The molecule has 5 atom stereocenters. The number of methoxy groups -OCH3 is 1. The van der Waals surface area contributed by atoms with Crippen LogP contribution in [0.5, 0.6) is 11.5 Å². The van der Waals surface area contributed by atoms with Crippen molar-refractivity contribution < 1.29 is 46.2 Å². The number of aromatic nitrogens is 1. The first-order chi connectivity index (χ1) is 26.8. The van der Waals surface area contributed by atoms with Crippen LogP contribution in [0.15, 0.2) is 30.4 Å². The average Bonchev–Trinajstić information content (AvgIpc) is 4.11. The summed E-state index contributed by atoms with van der Waals surface area (Å²) in [5.74, 6) is -0.824. The zero-order valence-corrected chi connectivity index (χ0v) is 32.7. The number of fused-ring (bicyclic) bond motifs is 5. The quantitative estimate of drug-likeness (QED) is 0.327. The van der Waals surface area contributed by atoms with Gasteiger partial charge in [0.25, 0.3) is 5.91 Å².